The minimum absolute atomic E-state index is 0.0218. The van der Waals surface area contributed by atoms with Gasteiger partial charge >= 0.3 is 11.9 Å². The van der Waals surface area contributed by atoms with Crippen LogP contribution in [-0.2, 0) is 14.3 Å². The second-order valence-corrected chi connectivity index (χ2v) is 12.9. The molecule has 0 rings (SSSR count). The van der Waals surface area contributed by atoms with Crippen molar-refractivity contribution in [3.63, 3.8) is 0 Å². The van der Waals surface area contributed by atoms with E-state index in [0.717, 1.165) is 58.3 Å². The molecule has 2 N–H and O–H groups in total. The highest BCUT2D eigenvalue weighted by Gasteiger charge is 2.12. The van der Waals surface area contributed by atoms with E-state index < -0.39 is 5.97 Å². The van der Waals surface area contributed by atoms with E-state index in [1.807, 2.05) is 0 Å². The number of likely N-dealkylation sites (N-methyl/N-ethyl adjacent to an activating group) is 1. The molecule has 0 aromatic rings. The molecule has 0 aliphatic rings. The summed E-state index contributed by atoms with van der Waals surface area (Å²) in [5.41, 5.74) is 0. The van der Waals surface area contributed by atoms with Crippen molar-refractivity contribution < 1.29 is 24.5 Å². The van der Waals surface area contributed by atoms with Gasteiger partial charge in [-0.1, -0.05) is 116 Å². The number of carboxylic acid groups (broad SMARTS) is 1. The summed E-state index contributed by atoms with van der Waals surface area (Å²) in [5.74, 6) is -0.229. The van der Waals surface area contributed by atoms with Crippen molar-refractivity contribution in [2.45, 2.75) is 155 Å². The van der Waals surface area contributed by atoms with E-state index in [1.54, 1.807) is 0 Å². The van der Waals surface area contributed by atoms with Gasteiger partial charge in [0.15, 0.2) is 0 Å². The zero-order valence-corrected chi connectivity index (χ0v) is 29.3. The van der Waals surface area contributed by atoms with E-state index in [-0.39, 0.29) is 19.0 Å². The van der Waals surface area contributed by atoms with Gasteiger partial charge in [0.05, 0.1) is 13.2 Å². The number of aliphatic hydroxyl groups excluding tert-OH is 1. The van der Waals surface area contributed by atoms with E-state index in [4.69, 9.17) is 9.84 Å². The average molecular weight is 625 g/mol. The molecule has 0 atom stereocenters. The number of rotatable bonds is 34. The molecule has 0 aliphatic heterocycles. The van der Waals surface area contributed by atoms with Gasteiger partial charge in [-0.05, 0) is 64.6 Å². The Morgan fingerprint density at radius 3 is 1.77 bits per heavy atom. The van der Waals surface area contributed by atoms with Crippen molar-refractivity contribution in [1.82, 2.24) is 9.80 Å². The standard InChI is InChI=1S/C37H72N2O5/c1-4-6-8-10-12-16-24-35(25-17-13-11-9-7-5-2)34-44-37(43)27-19-15-20-28-38(3)29-22-23-31-39(32-33-40)30-21-14-18-26-36(41)42/h22-23,35,40H,4-21,24-34H2,1-3H3,(H,41,42)/b23-22+. The molecule has 0 saturated carbocycles. The highest BCUT2D eigenvalue weighted by atomic mass is 16.5. The van der Waals surface area contributed by atoms with Gasteiger partial charge in [-0.2, -0.15) is 0 Å². The Labute approximate surface area is 272 Å². The topological polar surface area (TPSA) is 90.3 Å². The summed E-state index contributed by atoms with van der Waals surface area (Å²) in [6, 6.07) is 0. The van der Waals surface area contributed by atoms with Crippen molar-refractivity contribution >= 4 is 11.9 Å². The van der Waals surface area contributed by atoms with E-state index in [0.29, 0.717) is 31.9 Å². The van der Waals surface area contributed by atoms with Crippen LogP contribution in [0.4, 0.5) is 0 Å². The minimum Gasteiger partial charge on any atom is -0.481 e. The van der Waals surface area contributed by atoms with E-state index in [9.17, 15) is 14.7 Å². The molecular weight excluding hydrogens is 552 g/mol. The Balaban J connectivity index is 4.10. The fourth-order valence-corrected chi connectivity index (χ4v) is 5.64. The number of hydrogen-bond donors (Lipinski definition) is 2. The highest BCUT2D eigenvalue weighted by molar-refractivity contribution is 5.69. The lowest BCUT2D eigenvalue weighted by atomic mass is 9.94. The van der Waals surface area contributed by atoms with Crippen LogP contribution in [0.2, 0.25) is 0 Å². The van der Waals surface area contributed by atoms with Gasteiger partial charge in [-0.15, -0.1) is 0 Å². The van der Waals surface area contributed by atoms with Gasteiger partial charge in [-0.25, -0.2) is 0 Å². The third kappa shape index (κ3) is 30.6. The molecule has 0 fully saturated rings. The molecule has 7 nitrogen and oxygen atoms in total. The largest absolute Gasteiger partial charge is 0.481 e. The first-order valence-electron chi connectivity index (χ1n) is 18.5. The summed E-state index contributed by atoms with van der Waals surface area (Å²) < 4.78 is 5.77. The Morgan fingerprint density at radius 2 is 1.18 bits per heavy atom. The number of carboxylic acids is 1. The molecule has 0 bridgehead atoms. The quantitative estimate of drug-likeness (QED) is 0.0421. The van der Waals surface area contributed by atoms with Crippen molar-refractivity contribution in [2.75, 3.05) is 53.0 Å². The molecule has 0 radical (unpaired) electrons. The first kappa shape index (κ1) is 42.6. The van der Waals surface area contributed by atoms with Crippen LogP contribution >= 0.6 is 0 Å². The zero-order valence-electron chi connectivity index (χ0n) is 29.3. The first-order valence-corrected chi connectivity index (χ1v) is 18.5. The molecule has 0 aliphatic carbocycles. The Morgan fingerprint density at radius 1 is 0.659 bits per heavy atom. The third-order valence-corrected chi connectivity index (χ3v) is 8.56. The Kier molecular flexibility index (Phi) is 31.9. The molecule has 7 heteroatoms. The molecule has 260 valence electrons. The van der Waals surface area contributed by atoms with Crippen LogP contribution in [0.5, 0.6) is 0 Å². The van der Waals surface area contributed by atoms with Crippen LogP contribution in [0.3, 0.4) is 0 Å². The molecule has 0 unspecified atom stereocenters. The SMILES string of the molecule is CCCCCCCCC(CCCCCCCC)COC(=O)CCCCCN(C)C/C=C/CN(CCO)CCCCCC(=O)O. The maximum atomic E-state index is 12.5. The number of hydrogen-bond acceptors (Lipinski definition) is 6. The van der Waals surface area contributed by atoms with Crippen molar-refractivity contribution in [2.24, 2.45) is 5.92 Å². The number of unbranched alkanes of at least 4 members (excludes halogenated alkanes) is 14. The van der Waals surface area contributed by atoms with Crippen LogP contribution in [0, 0.1) is 5.92 Å². The summed E-state index contributed by atoms with van der Waals surface area (Å²) in [6.45, 7) is 9.47. The highest BCUT2D eigenvalue weighted by Crippen LogP contribution is 2.20. The van der Waals surface area contributed by atoms with Gasteiger partial charge in [0.2, 0.25) is 0 Å². The van der Waals surface area contributed by atoms with E-state index >= 15 is 0 Å². The van der Waals surface area contributed by atoms with Gasteiger partial charge in [-0.3, -0.25) is 14.5 Å². The molecule has 0 amide bonds. The first-order chi connectivity index (χ1) is 21.4. The fraction of sp³-hybridized carbons (Fsp3) is 0.892. The molecule has 44 heavy (non-hydrogen) atoms. The van der Waals surface area contributed by atoms with E-state index in [1.165, 1.54) is 89.9 Å². The number of nitrogens with zero attached hydrogens (tertiary/aromatic N) is 2. The normalized spacial score (nSPS) is 11.9. The average Bonchev–Trinajstić information content (AvgIpc) is 3.00. The maximum absolute atomic E-state index is 12.5. The van der Waals surface area contributed by atoms with Crippen molar-refractivity contribution in [1.29, 1.82) is 0 Å². The smallest absolute Gasteiger partial charge is 0.305 e. The fourth-order valence-electron chi connectivity index (χ4n) is 5.64. The minimum atomic E-state index is -0.733. The van der Waals surface area contributed by atoms with Crippen LogP contribution in [-0.4, -0.2) is 84.9 Å². The second-order valence-electron chi connectivity index (χ2n) is 12.9. The van der Waals surface area contributed by atoms with Crippen molar-refractivity contribution in [3.8, 4) is 0 Å². The van der Waals surface area contributed by atoms with Crippen LogP contribution in [0.15, 0.2) is 12.2 Å². The number of carbonyl (C=O) groups excluding carboxylic acids is 1. The van der Waals surface area contributed by atoms with Gasteiger partial charge in [0, 0.05) is 32.5 Å². The van der Waals surface area contributed by atoms with Crippen LogP contribution in [0.25, 0.3) is 0 Å². The second kappa shape index (κ2) is 32.9. The van der Waals surface area contributed by atoms with Crippen LogP contribution < -0.4 is 0 Å². The lowest BCUT2D eigenvalue weighted by Crippen LogP contribution is -2.28. The third-order valence-electron chi connectivity index (χ3n) is 8.56. The molecule has 0 aromatic carbocycles. The summed E-state index contributed by atoms with van der Waals surface area (Å²) in [7, 11) is 2.13. The number of carbonyl (C=O) groups is 2. The van der Waals surface area contributed by atoms with E-state index in [2.05, 4.69) is 42.8 Å². The molecule has 0 heterocycles. The zero-order chi connectivity index (χ0) is 32.5. The van der Waals surface area contributed by atoms with Gasteiger partial charge < -0.3 is 19.8 Å². The number of esters is 1. The Hall–Kier alpha value is -1.44. The lowest BCUT2D eigenvalue weighted by Gasteiger charge is -2.19. The van der Waals surface area contributed by atoms with Crippen molar-refractivity contribution in [3.05, 3.63) is 12.2 Å². The maximum Gasteiger partial charge on any atom is 0.305 e. The molecule has 0 aromatic heterocycles. The molecular formula is C37H72N2O5. The molecule has 0 saturated heterocycles. The Bertz CT molecular complexity index is 656. The summed E-state index contributed by atoms with van der Waals surface area (Å²) >= 11 is 0. The summed E-state index contributed by atoms with van der Waals surface area (Å²) in [4.78, 5) is 27.6. The number of aliphatic carboxylic acids is 1. The van der Waals surface area contributed by atoms with Gasteiger partial charge in [0.25, 0.3) is 0 Å². The monoisotopic (exact) mass is 625 g/mol. The lowest BCUT2D eigenvalue weighted by molar-refractivity contribution is -0.145. The number of ether oxygens (including phenoxy) is 1. The predicted molar refractivity (Wildman–Crippen MR) is 185 cm³/mol. The van der Waals surface area contributed by atoms with Crippen LogP contribution in [0.1, 0.15) is 155 Å². The predicted octanol–water partition coefficient (Wildman–Crippen LogP) is 8.63. The summed E-state index contributed by atoms with van der Waals surface area (Å²) in [5, 5.41) is 18.1. The molecule has 0 spiro atoms. The number of aliphatic hydroxyl groups is 1. The summed E-state index contributed by atoms with van der Waals surface area (Å²) in [6.07, 6.45) is 28.9. The van der Waals surface area contributed by atoms with Gasteiger partial charge in [0.1, 0.15) is 0 Å².